The van der Waals surface area contributed by atoms with Gasteiger partial charge in [0.05, 0.1) is 22.8 Å². The van der Waals surface area contributed by atoms with Crippen molar-refractivity contribution in [3.63, 3.8) is 0 Å². The lowest BCUT2D eigenvalue weighted by Gasteiger charge is -2.15. The first-order chi connectivity index (χ1) is 10.9. The lowest BCUT2D eigenvalue weighted by Crippen LogP contribution is -2.30. The zero-order valence-corrected chi connectivity index (χ0v) is 10.7. The molecule has 2 rings (SSSR count). The molecule has 0 radical (unpaired) electrons. The minimum absolute atomic E-state index is 0.00427. The standard InChI is InChI=1S/C13H16N4O3/c1-19-12-8-17(7-11(12)15-16-14)13(18)20-9-10-5-3-2-4-6-10/h2-6,11-12H,7-9H2,1H3/t11-,12-/m0/s1/i1D3. The molecule has 106 valence electrons. The quantitative estimate of drug-likeness (QED) is 0.481. The van der Waals surface area contributed by atoms with Gasteiger partial charge in [0, 0.05) is 18.5 Å². The average Bonchev–Trinajstić information content (AvgIpc) is 2.87. The van der Waals surface area contributed by atoms with Crippen LogP contribution >= 0.6 is 0 Å². The number of hydrogen-bond donors (Lipinski definition) is 0. The van der Waals surface area contributed by atoms with E-state index >= 15 is 0 Å². The van der Waals surface area contributed by atoms with Crippen molar-refractivity contribution in [3.05, 3.63) is 46.3 Å². The number of hydrogen-bond acceptors (Lipinski definition) is 4. The van der Waals surface area contributed by atoms with Crippen LogP contribution in [0.15, 0.2) is 35.4 Å². The lowest BCUT2D eigenvalue weighted by molar-refractivity contribution is 0.0821. The number of ether oxygens (including phenoxy) is 2. The van der Waals surface area contributed by atoms with E-state index in [1.807, 2.05) is 30.3 Å². The van der Waals surface area contributed by atoms with E-state index in [9.17, 15) is 4.79 Å². The number of likely N-dealkylation sites (tertiary alicyclic amines) is 1. The first-order valence-electron chi connectivity index (χ1n) is 7.57. The molecule has 20 heavy (non-hydrogen) atoms. The summed E-state index contributed by atoms with van der Waals surface area (Å²) in [6.45, 7) is 0.154. The second-order valence-electron chi connectivity index (χ2n) is 4.37. The third-order valence-corrected chi connectivity index (χ3v) is 3.05. The van der Waals surface area contributed by atoms with Gasteiger partial charge in [-0.2, -0.15) is 0 Å². The molecule has 0 N–H and O–H groups in total. The van der Waals surface area contributed by atoms with Crippen LogP contribution in [0.1, 0.15) is 9.68 Å². The Morgan fingerprint density at radius 3 is 3.05 bits per heavy atom. The molecule has 0 saturated carbocycles. The maximum Gasteiger partial charge on any atom is 0.410 e. The van der Waals surface area contributed by atoms with Crippen LogP contribution < -0.4 is 0 Å². The Balaban J connectivity index is 1.94. The summed E-state index contributed by atoms with van der Waals surface area (Å²) in [6.07, 6.45) is -1.49. The topological polar surface area (TPSA) is 87.5 Å². The van der Waals surface area contributed by atoms with Crippen molar-refractivity contribution in [2.24, 2.45) is 5.11 Å². The van der Waals surface area contributed by atoms with Gasteiger partial charge in [-0.1, -0.05) is 35.4 Å². The van der Waals surface area contributed by atoms with Crippen LogP contribution in [0.5, 0.6) is 0 Å². The highest BCUT2D eigenvalue weighted by molar-refractivity contribution is 5.68. The van der Waals surface area contributed by atoms with E-state index in [1.165, 1.54) is 4.90 Å². The highest BCUT2D eigenvalue weighted by Gasteiger charge is 2.35. The number of carbonyl (C=O) groups is 1. The molecule has 0 aliphatic carbocycles. The number of benzene rings is 1. The van der Waals surface area contributed by atoms with Crippen molar-refractivity contribution in [2.75, 3.05) is 20.1 Å². The minimum Gasteiger partial charge on any atom is -0.445 e. The summed E-state index contributed by atoms with van der Waals surface area (Å²) >= 11 is 0. The number of rotatable bonds is 4. The molecule has 1 amide bonds. The minimum atomic E-state index is -2.63. The zero-order valence-electron chi connectivity index (χ0n) is 13.7. The van der Waals surface area contributed by atoms with E-state index in [2.05, 4.69) is 10.0 Å². The molecular formula is C13H16N4O3. The van der Waals surface area contributed by atoms with Crippen LogP contribution in [-0.4, -0.2) is 43.3 Å². The number of azide groups is 1. The number of methoxy groups -OCH3 is 1. The van der Waals surface area contributed by atoms with Crippen molar-refractivity contribution >= 4 is 6.09 Å². The zero-order chi connectivity index (χ0) is 16.9. The molecule has 7 nitrogen and oxygen atoms in total. The van der Waals surface area contributed by atoms with E-state index in [0.717, 1.165) is 5.56 Å². The lowest BCUT2D eigenvalue weighted by atomic mass is 10.2. The van der Waals surface area contributed by atoms with Gasteiger partial charge in [-0.15, -0.1) is 0 Å². The number of nitrogens with zero attached hydrogens (tertiary/aromatic N) is 4. The average molecular weight is 279 g/mol. The van der Waals surface area contributed by atoms with Gasteiger partial charge in [0.1, 0.15) is 6.61 Å². The van der Waals surface area contributed by atoms with E-state index in [-0.39, 0.29) is 19.7 Å². The third kappa shape index (κ3) is 3.40. The maximum atomic E-state index is 12.1. The molecule has 1 aliphatic rings. The van der Waals surface area contributed by atoms with Crippen LogP contribution in [0.25, 0.3) is 10.4 Å². The van der Waals surface area contributed by atoms with Crippen molar-refractivity contribution in [1.82, 2.24) is 4.90 Å². The molecule has 1 saturated heterocycles. The van der Waals surface area contributed by atoms with E-state index in [0.29, 0.717) is 0 Å². The number of amides is 1. The summed E-state index contributed by atoms with van der Waals surface area (Å²) in [7, 11) is -2.63. The summed E-state index contributed by atoms with van der Waals surface area (Å²) in [5, 5.41) is 3.50. The Bertz CT molecular complexity index is 590. The van der Waals surface area contributed by atoms with Crippen LogP contribution in [0.2, 0.25) is 0 Å². The predicted octanol–water partition coefficient (Wildman–Crippen LogP) is 2.33. The third-order valence-electron chi connectivity index (χ3n) is 3.05. The Kier molecular flexibility index (Phi) is 3.58. The SMILES string of the molecule is [2H]C([2H])([2H])O[C@H]1CN(C(=O)OCc2ccccc2)C[C@@H]1N=[N+]=[N-]. The molecule has 0 aromatic heterocycles. The summed E-state index contributed by atoms with van der Waals surface area (Å²) in [5.41, 5.74) is 9.38. The maximum absolute atomic E-state index is 12.1. The monoisotopic (exact) mass is 279 g/mol. The summed E-state index contributed by atoms with van der Waals surface area (Å²) in [5.74, 6) is 0. The van der Waals surface area contributed by atoms with E-state index in [4.69, 9.17) is 19.1 Å². The highest BCUT2D eigenvalue weighted by atomic mass is 16.6. The number of carbonyl (C=O) groups excluding carboxylic acids is 1. The molecule has 1 aromatic rings. The molecule has 1 heterocycles. The first kappa shape index (κ1) is 10.5. The van der Waals surface area contributed by atoms with Gasteiger partial charge in [0.15, 0.2) is 0 Å². The van der Waals surface area contributed by atoms with Crippen LogP contribution in [0, 0.1) is 0 Å². The van der Waals surface area contributed by atoms with E-state index in [1.54, 1.807) is 0 Å². The van der Waals surface area contributed by atoms with Gasteiger partial charge in [-0.05, 0) is 11.1 Å². The molecule has 0 unspecified atom stereocenters. The van der Waals surface area contributed by atoms with Crippen molar-refractivity contribution < 1.29 is 18.4 Å². The first-order valence-corrected chi connectivity index (χ1v) is 6.07. The molecule has 1 aliphatic heterocycles. The summed E-state index contributed by atoms with van der Waals surface area (Å²) < 4.78 is 31.4. The van der Waals surface area contributed by atoms with Crippen molar-refractivity contribution in [3.8, 4) is 0 Å². The molecule has 0 spiro atoms. The van der Waals surface area contributed by atoms with Crippen LogP contribution in [-0.2, 0) is 16.1 Å². The molecule has 7 heteroatoms. The van der Waals surface area contributed by atoms with Crippen LogP contribution in [0.3, 0.4) is 0 Å². The fourth-order valence-electron chi connectivity index (χ4n) is 2.01. The van der Waals surface area contributed by atoms with E-state index < -0.39 is 25.3 Å². The Morgan fingerprint density at radius 1 is 1.55 bits per heavy atom. The van der Waals surface area contributed by atoms with Crippen molar-refractivity contribution in [1.29, 1.82) is 0 Å². The Labute approximate surface area is 120 Å². The largest absolute Gasteiger partial charge is 0.445 e. The fourth-order valence-corrected chi connectivity index (χ4v) is 2.01. The van der Waals surface area contributed by atoms with Gasteiger partial charge in [-0.25, -0.2) is 4.79 Å². The predicted molar refractivity (Wildman–Crippen MR) is 71.9 cm³/mol. The smallest absolute Gasteiger partial charge is 0.410 e. The molecule has 0 bridgehead atoms. The fraction of sp³-hybridized carbons (Fsp3) is 0.462. The molecular weight excluding hydrogens is 260 g/mol. The highest BCUT2D eigenvalue weighted by Crippen LogP contribution is 2.17. The summed E-state index contributed by atoms with van der Waals surface area (Å²) in [4.78, 5) is 16.0. The van der Waals surface area contributed by atoms with Gasteiger partial charge in [-0.3, -0.25) is 0 Å². The molecule has 1 fully saturated rings. The van der Waals surface area contributed by atoms with Gasteiger partial charge in [0.25, 0.3) is 0 Å². The normalized spacial score (nSPS) is 24.2. The Morgan fingerprint density at radius 2 is 2.35 bits per heavy atom. The van der Waals surface area contributed by atoms with Gasteiger partial charge in [0.2, 0.25) is 0 Å². The Hall–Kier alpha value is -2.24. The van der Waals surface area contributed by atoms with Crippen molar-refractivity contribution in [2.45, 2.75) is 18.8 Å². The van der Waals surface area contributed by atoms with Gasteiger partial charge >= 0.3 is 6.09 Å². The van der Waals surface area contributed by atoms with Gasteiger partial charge < -0.3 is 14.4 Å². The second-order valence-corrected chi connectivity index (χ2v) is 4.37. The second kappa shape index (κ2) is 6.79. The molecule has 2 atom stereocenters. The van der Waals surface area contributed by atoms with Crippen LogP contribution in [0.4, 0.5) is 4.79 Å². The molecule has 1 aromatic carbocycles. The summed E-state index contributed by atoms with van der Waals surface area (Å²) in [6, 6.07) is 8.40.